The molecular weight excluding hydrogens is 637 g/mol. The van der Waals surface area contributed by atoms with Crippen LogP contribution < -0.4 is 0 Å². The van der Waals surface area contributed by atoms with Gasteiger partial charge in [0.25, 0.3) is 0 Å². The van der Waals surface area contributed by atoms with Gasteiger partial charge in [0.1, 0.15) is 11.2 Å². The fraction of sp³-hybridized carbons (Fsp3) is 0. The second-order valence-corrected chi connectivity index (χ2v) is 13.7. The van der Waals surface area contributed by atoms with Gasteiger partial charge in [0, 0.05) is 54.5 Å². The van der Waals surface area contributed by atoms with E-state index in [1.54, 1.807) is 0 Å². The van der Waals surface area contributed by atoms with E-state index in [2.05, 4.69) is 179 Å². The minimum atomic E-state index is 0.763. The summed E-state index contributed by atoms with van der Waals surface area (Å²) < 4.78 is 18.3. The molecule has 4 nitrogen and oxygen atoms in total. The van der Waals surface area contributed by atoms with Crippen LogP contribution in [-0.4, -0.2) is 9.13 Å². The normalized spacial score (nSPS) is 12.2. The van der Waals surface area contributed by atoms with Crippen LogP contribution in [0.15, 0.2) is 179 Å². The van der Waals surface area contributed by atoms with E-state index in [9.17, 15) is 0 Å². The highest BCUT2D eigenvalue weighted by atomic mass is 16.4. The number of hydrogen-bond acceptors (Lipinski definition) is 2. The van der Waals surface area contributed by atoms with Crippen molar-refractivity contribution >= 4 is 87.5 Å². The third-order valence-corrected chi connectivity index (χ3v) is 10.9. The first-order valence-corrected chi connectivity index (χ1v) is 17.7. The van der Waals surface area contributed by atoms with E-state index < -0.39 is 0 Å². The Morgan fingerprint density at radius 2 is 0.769 bits per heavy atom. The van der Waals surface area contributed by atoms with Gasteiger partial charge < -0.3 is 18.0 Å². The Hall–Kier alpha value is -7.04. The maximum atomic E-state index is 6.81. The molecule has 12 aromatic rings. The zero-order valence-corrected chi connectivity index (χ0v) is 27.9. The van der Waals surface area contributed by atoms with Gasteiger partial charge in [-0.05, 0) is 77.9 Å². The summed E-state index contributed by atoms with van der Waals surface area (Å²) >= 11 is 0. The fourth-order valence-corrected chi connectivity index (χ4v) is 8.67. The van der Waals surface area contributed by atoms with Gasteiger partial charge in [-0.25, -0.2) is 0 Å². The minimum Gasteiger partial charge on any atom is -0.452 e. The summed E-state index contributed by atoms with van der Waals surface area (Å²) in [5.74, 6) is 0. The van der Waals surface area contributed by atoms with Crippen molar-refractivity contribution < 1.29 is 8.83 Å². The number of furan rings is 2. The van der Waals surface area contributed by atoms with Gasteiger partial charge in [-0.15, -0.1) is 0 Å². The second-order valence-electron chi connectivity index (χ2n) is 13.7. The van der Waals surface area contributed by atoms with Gasteiger partial charge in [-0.2, -0.15) is 0 Å². The third kappa shape index (κ3) is 3.70. The molecule has 0 atom stereocenters. The Bertz CT molecular complexity index is 3300. The van der Waals surface area contributed by atoms with Gasteiger partial charge in [0.15, 0.2) is 11.2 Å². The summed E-state index contributed by atoms with van der Waals surface area (Å²) in [6, 6.07) is 60.6. The van der Waals surface area contributed by atoms with Gasteiger partial charge in [-0.3, -0.25) is 0 Å². The first kappa shape index (κ1) is 27.7. The summed E-state index contributed by atoms with van der Waals surface area (Å²) in [7, 11) is 0. The van der Waals surface area contributed by atoms with Crippen molar-refractivity contribution in [2.75, 3.05) is 0 Å². The molecule has 0 fully saturated rings. The third-order valence-electron chi connectivity index (χ3n) is 10.9. The molecular formula is C48H28N2O2. The van der Waals surface area contributed by atoms with Gasteiger partial charge in [0.2, 0.25) is 0 Å². The number of aromatic nitrogens is 2. The van der Waals surface area contributed by atoms with Crippen molar-refractivity contribution in [1.29, 1.82) is 0 Å². The zero-order chi connectivity index (χ0) is 33.9. The summed E-state index contributed by atoms with van der Waals surface area (Å²) in [4.78, 5) is 0. The van der Waals surface area contributed by atoms with E-state index in [-0.39, 0.29) is 0 Å². The van der Waals surface area contributed by atoms with E-state index in [1.807, 2.05) is 0 Å². The van der Waals surface area contributed by atoms with Crippen LogP contribution in [0.3, 0.4) is 0 Å². The molecule has 0 aliphatic carbocycles. The van der Waals surface area contributed by atoms with Crippen molar-refractivity contribution in [3.63, 3.8) is 0 Å². The molecule has 0 aliphatic rings. The average molecular weight is 665 g/mol. The van der Waals surface area contributed by atoms with E-state index in [1.165, 1.54) is 43.6 Å². The molecule has 12 rings (SSSR count). The van der Waals surface area contributed by atoms with Crippen LogP contribution in [0.2, 0.25) is 0 Å². The lowest BCUT2D eigenvalue weighted by molar-refractivity contribution is 0.633. The molecule has 0 unspecified atom stereocenters. The van der Waals surface area contributed by atoms with Crippen LogP contribution in [-0.2, 0) is 0 Å². The highest BCUT2D eigenvalue weighted by Crippen LogP contribution is 2.46. The van der Waals surface area contributed by atoms with Gasteiger partial charge in [0.05, 0.1) is 22.1 Å². The molecule has 4 heterocycles. The van der Waals surface area contributed by atoms with Crippen LogP contribution >= 0.6 is 0 Å². The summed E-state index contributed by atoms with van der Waals surface area (Å²) in [6.07, 6.45) is 0. The number of para-hydroxylation sites is 4. The van der Waals surface area contributed by atoms with Crippen LogP contribution in [0.5, 0.6) is 0 Å². The number of rotatable bonds is 3. The first-order valence-electron chi connectivity index (χ1n) is 17.7. The van der Waals surface area contributed by atoms with Crippen LogP contribution in [0.4, 0.5) is 0 Å². The molecule has 8 aromatic carbocycles. The van der Waals surface area contributed by atoms with E-state index in [4.69, 9.17) is 8.83 Å². The topological polar surface area (TPSA) is 36.1 Å². The zero-order valence-electron chi connectivity index (χ0n) is 27.9. The molecule has 52 heavy (non-hydrogen) atoms. The summed E-state index contributed by atoms with van der Waals surface area (Å²) in [6.45, 7) is 0. The lowest BCUT2D eigenvalue weighted by Crippen LogP contribution is -1.93. The Morgan fingerprint density at radius 3 is 1.31 bits per heavy atom. The van der Waals surface area contributed by atoms with Crippen molar-refractivity contribution in [3.05, 3.63) is 170 Å². The van der Waals surface area contributed by atoms with Crippen molar-refractivity contribution in [1.82, 2.24) is 9.13 Å². The number of hydrogen-bond donors (Lipinski definition) is 0. The van der Waals surface area contributed by atoms with Crippen LogP contribution in [0.25, 0.3) is 110 Å². The van der Waals surface area contributed by atoms with Crippen molar-refractivity contribution in [2.24, 2.45) is 0 Å². The highest BCUT2D eigenvalue weighted by Gasteiger charge is 2.23. The lowest BCUT2D eigenvalue weighted by Gasteiger charge is -2.09. The first-order chi connectivity index (χ1) is 25.8. The van der Waals surface area contributed by atoms with E-state index >= 15 is 0 Å². The SMILES string of the molecule is c1ccc(-c2cc3c4cc(-n5c6ccccc6c6ccccc65)ccc4oc3c3oc4ccc(-n5c6ccccc6c6ccccc65)cc4c23)cc1. The second kappa shape index (κ2) is 10.3. The standard InChI is InChI=1S/C48H28N2O2/c1-2-12-29(13-3-1)36-28-38-37-26-30(49-40-18-8-4-14-32(40)33-15-5-9-19-41(33)49)22-24-44(37)51-47(38)48-46(36)39-27-31(23-25-45(39)52-48)50-42-20-10-6-16-34(42)35-17-7-11-21-43(35)50/h1-28H. The van der Waals surface area contributed by atoms with Crippen LogP contribution in [0, 0.1) is 0 Å². The van der Waals surface area contributed by atoms with E-state index in [0.29, 0.717) is 0 Å². The molecule has 0 amide bonds. The predicted octanol–water partition coefficient (Wildman–Crippen LogP) is 13.3. The molecule has 0 aliphatic heterocycles. The Morgan fingerprint density at radius 1 is 0.327 bits per heavy atom. The minimum absolute atomic E-state index is 0.763. The quantitative estimate of drug-likeness (QED) is 0.188. The monoisotopic (exact) mass is 664 g/mol. The Labute approximate surface area is 296 Å². The molecule has 0 N–H and O–H groups in total. The summed E-state index contributed by atoms with van der Waals surface area (Å²) in [5.41, 5.74) is 12.3. The Kier molecular flexibility index (Phi) is 5.47. The number of fused-ring (bicyclic) bond motifs is 13. The fourth-order valence-electron chi connectivity index (χ4n) is 8.67. The predicted molar refractivity (Wildman–Crippen MR) is 215 cm³/mol. The van der Waals surface area contributed by atoms with Crippen molar-refractivity contribution in [3.8, 4) is 22.5 Å². The Balaban J connectivity index is 1.15. The lowest BCUT2D eigenvalue weighted by atomic mass is 9.96. The van der Waals surface area contributed by atoms with E-state index in [0.717, 1.165) is 66.4 Å². The largest absolute Gasteiger partial charge is 0.452 e. The molecule has 0 bridgehead atoms. The summed E-state index contributed by atoms with van der Waals surface area (Å²) in [5, 5.41) is 9.16. The molecule has 0 spiro atoms. The van der Waals surface area contributed by atoms with Gasteiger partial charge in [-0.1, -0.05) is 103 Å². The maximum absolute atomic E-state index is 6.81. The molecule has 4 heteroatoms. The average Bonchev–Trinajstić information content (AvgIpc) is 3.95. The molecule has 242 valence electrons. The molecule has 4 aromatic heterocycles. The smallest absolute Gasteiger partial charge is 0.179 e. The number of benzene rings is 8. The number of nitrogens with zero attached hydrogens (tertiary/aromatic N) is 2. The van der Waals surface area contributed by atoms with Gasteiger partial charge >= 0.3 is 0 Å². The van der Waals surface area contributed by atoms with Crippen LogP contribution in [0.1, 0.15) is 0 Å². The molecule has 0 radical (unpaired) electrons. The molecule has 0 saturated heterocycles. The molecule has 0 saturated carbocycles. The highest BCUT2D eigenvalue weighted by molar-refractivity contribution is 6.24. The van der Waals surface area contributed by atoms with Crippen molar-refractivity contribution in [2.45, 2.75) is 0 Å². The maximum Gasteiger partial charge on any atom is 0.179 e.